The predicted octanol–water partition coefficient (Wildman–Crippen LogP) is 3.21. The summed E-state index contributed by atoms with van der Waals surface area (Å²) in [7, 11) is 0. The van der Waals surface area contributed by atoms with E-state index in [1.54, 1.807) is 35.3 Å². The van der Waals surface area contributed by atoms with E-state index >= 15 is 0 Å². The monoisotopic (exact) mass is 414 g/mol. The van der Waals surface area contributed by atoms with Gasteiger partial charge in [0, 0.05) is 24.5 Å². The molecule has 1 spiro atoms. The molecule has 1 unspecified atom stereocenters. The number of hydrogen-bond donors (Lipinski definition) is 0. The van der Waals surface area contributed by atoms with Gasteiger partial charge in [0.2, 0.25) is 17.7 Å². The predicted molar refractivity (Wildman–Crippen MR) is 108 cm³/mol. The van der Waals surface area contributed by atoms with E-state index in [4.69, 9.17) is 0 Å². The molecule has 29 heavy (non-hydrogen) atoms. The van der Waals surface area contributed by atoms with Gasteiger partial charge in [-0.15, -0.1) is 11.3 Å². The summed E-state index contributed by atoms with van der Waals surface area (Å²) in [5, 5.41) is 1.95. The van der Waals surface area contributed by atoms with Crippen LogP contribution >= 0.6 is 11.3 Å². The van der Waals surface area contributed by atoms with Crippen molar-refractivity contribution in [3.8, 4) is 0 Å². The molecule has 3 amide bonds. The summed E-state index contributed by atoms with van der Waals surface area (Å²) in [5.41, 5.74) is -0.191. The van der Waals surface area contributed by atoms with Gasteiger partial charge >= 0.3 is 0 Å². The number of amides is 3. The van der Waals surface area contributed by atoms with Crippen LogP contribution in [0.1, 0.15) is 36.1 Å². The first kappa shape index (κ1) is 19.8. The van der Waals surface area contributed by atoms with Gasteiger partial charge in [0.05, 0.1) is 17.8 Å². The molecule has 2 aliphatic heterocycles. The Bertz CT molecular complexity index is 918. The van der Waals surface area contributed by atoms with Crippen molar-refractivity contribution in [3.63, 3.8) is 0 Å². The van der Waals surface area contributed by atoms with Crippen molar-refractivity contribution >= 4 is 29.1 Å². The molecule has 2 fully saturated rings. The minimum atomic E-state index is -0.857. The Kier molecular flexibility index (Phi) is 5.25. The first-order valence-electron chi connectivity index (χ1n) is 9.87. The number of halogens is 1. The zero-order valence-electron chi connectivity index (χ0n) is 16.3. The summed E-state index contributed by atoms with van der Waals surface area (Å²) in [6, 6.07) is 9.72. The summed E-state index contributed by atoms with van der Waals surface area (Å²) in [5.74, 6) is -1.33. The second-order valence-corrected chi connectivity index (χ2v) is 8.70. The van der Waals surface area contributed by atoms with Crippen molar-refractivity contribution < 1.29 is 18.8 Å². The van der Waals surface area contributed by atoms with Crippen LogP contribution < -0.4 is 0 Å². The largest absolute Gasteiger partial charge is 0.342 e. The SMILES string of the molecule is CCN1C(=O)C(c2ccc(F)cc2)C2(CCN(C(=O)Cc3cccs3)CC2)C1=O. The molecule has 0 bridgehead atoms. The van der Waals surface area contributed by atoms with Crippen molar-refractivity contribution in [1.29, 1.82) is 0 Å². The topological polar surface area (TPSA) is 57.7 Å². The van der Waals surface area contributed by atoms with E-state index in [1.165, 1.54) is 17.0 Å². The maximum atomic E-state index is 13.4. The van der Waals surface area contributed by atoms with Crippen LogP contribution in [0.25, 0.3) is 0 Å². The second-order valence-electron chi connectivity index (χ2n) is 7.67. The molecule has 0 aliphatic carbocycles. The first-order valence-corrected chi connectivity index (χ1v) is 10.8. The van der Waals surface area contributed by atoms with E-state index in [0.717, 1.165) is 4.88 Å². The Morgan fingerprint density at radius 1 is 1.17 bits per heavy atom. The minimum Gasteiger partial charge on any atom is -0.342 e. The molecule has 7 heteroatoms. The van der Waals surface area contributed by atoms with Crippen molar-refractivity contribution in [2.45, 2.75) is 32.1 Å². The number of benzene rings is 1. The lowest BCUT2D eigenvalue weighted by molar-refractivity contribution is -0.144. The Labute approximate surface area is 173 Å². The standard InChI is InChI=1S/C22H23FN2O3S/c1-2-25-20(27)19(15-5-7-16(23)8-6-15)22(21(25)28)9-11-24(12-10-22)18(26)14-17-4-3-13-29-17/h3-8,13,19H,2,9-12,14H2,1H3. The maximum absolute atomic E-state index is 13.4. The number of likely N-dealkylation sites (tertiary alicyclic amines) is 2. The highest BCUT2D eigenvalue weighted by Crippen LogP contribution is 2.51. The van der Waals surface area contributed by atoms with Gasteiger partial charge in [-0.3, -0.25) is 19.3 Å². The molecule has 0 saturated carbocycles. The van der Waals surface area contributed by atoms with E-state index in [-0.39, 0.29) is 23.5 Å². The zero-order valence-corrected chi connectivity index (χ0v) is 17.1. The molecule has 2 saturated heterocycles. The van der Waals surface area contributed by atoms with Crippen molar-refractivity contribution in [2.75, 3.05) is 19.6 Å². The normalized spacial score (nSPS) is 21.2. The van der Waals surface area contributed by atoms with E-state index in [2.05, 4.69) is 0 Å². The first-order chi connectivity index (χ1) is 14.0. The molecule has 4 rings (SSSR count). The van der Waals surface area contributed by atoms with Gasteiger partial charge in [-0.05, 0) is 48.9 Å². The van der Waals surface area contributed by atoms with Crippen molar-refractivity contribution in [1.82, 2.24) is 9.80 Å². The van der Waals surface area contributed by atoms with Gasteiger partial charge in [-0.2, -0.15) is 0 Å². The molecule has 1 aromatic heterocycles. The Morgan fingerprint density at radius 3 is 2.45 bits per heavy atom. The number of hydrogen-bond acceptors (Lipinski definition) is 4. The quantitative estimate of drug-likeness (QED) is 0.722. The van der Waals surface area contributed by atoms with Crippen LogP contribution in [0.15, 0.2) is 41.8 Å². The number of nitrogens with zero attached hydrogens (tertiary/aromatic N) is 2. The van der Waals surface area contributed by atoms with E-state index in [0.29, 0.717) is 44.5 Å². The molecule has 3 heterocycles. The molecule has 5 nitrogen and oxygen atoms in total. The molecule has 0 radical (unpaired) electrons. The van der Waals surface area contributed by atoms with Gasteiger partial charge in [0.15, 0.2) is 0 Å². The Morgan fingerprint density at radius 2 is 1.86 bits per heavy atom. The zero-order chi connectivity index (χ0) is 20.6. The molecule has 152 valence electrons. The fourth-order valence-corrected chi connectivity index (χ4v) is 5.33. The molecule has 2 aliphatic rings. The molecular formula is C22H23FN2O3S. The van der Waals surface area contributed by atoms with E-state index in [1.807, 2.05) is 17.5 Å². The molecule has 0 N–H and O–H groups in total. The third kappa shape index (κ3) is 3.37. The number of piperidine rings is 1. The van der Waals surface area contributed by atoms with Crippen LogP contribution in [-0.4, -0.2) is 47.2 Å². The summed E-state index contributed by atoms with van der Waals surface area (Å²) >= 11 is 1.55. The maximum Gasteiger partial charge on any atom is 0.237 e. The Hall–Kier alpha value is -2.54. The highest BCUT2D eigenvalue weighted by molar-refractivity contribution is 7.10. The number of imide groups is 1. The average molecular weight is 415 g/mol. The minimum absolute atomic E-state index is 0.0461. The molecule has 2 aromatic rings. The van der Waals surface area contributed by atoms with Crippen molar-refractivity contribution in [3.05, 3.63) is 58.0 Å². The summed E-state index contributed by atoms with van der Waals surface area (Å²) in [4.78, 5) is 43.1. The number of rotatable bonds is 4. The third-order valence-corrected chi connectivity index (χ3v) is 7.05. The lowest BCUT2D eigenvalue weighted by Gasteiger charge is -2.40. The summed E-state index contributed by atoms with van der Waals surface area (Å²) in [6.07, 6.45) is 1.23. The van der Waals surface area contributed by atoms with Gasteiger partial charge in [-0.25, -0.2) is 4.39 Å². The number of likely N-dealkylation sites (N-methyl/N-ethyl adjacent to an activating group) is 1. The fraction of sp³-hybridized carbons (Fsp3) is 0.409. The van der Waals surface area contributed by atoms with Gasteiger partial charge in [0.1, 0.15) is 5.82 Å². The van der Waals surface area contributed by atoms with Crippen LogP contribution in [0.4, 0.5) is 4.39 Å². The van der Waals surface area contributed by atoms with Crippen molar-refractivity contribution in [2.24, 2.45) is 5.41 Å². The Balaban J connectivity index is 1.57. The van der Waals surface area contributed by atoms with E-state index < -0.39 is 11.3 Å². The lowest BCUT2D eigenvalue weighted by atomic mass is 9.67. The number of thiophene rings is 1. The fourth-order valence-electron chi connectivity index (χ4n) is 4.63. The van der Waals surface area contributed by atoms with Crippen LogP contribution in [0.2, 0.25) is 0 Å². The van der Waals surface area contributed by atoms with Crippen LogP contribution in [0, 0.1) is 11.2 Å². The highest BCUT2D eigenvalue weighted by Gasteiger charge is 2.60. The smallest absolute Gasteiger partial charge is 0.237 e. The van der Waals surface area contributed by atoms with Gasteiger partial charge in [-0.1, -0.05) is 18.2 Å². The summed E-state index contributed by atoms with van der Waals surface area (Å²) in [6.45, 7) is 2.99. The molecule has 1 aromatic carbocycles. The highest BCUT2D eigenvalue weighted by atomic mass is 32.1. The number of carbonyl (C=O) groups is 3. The third-order valence-electron chi connectivity index (χ3n) is 6.17. The average Bonchev–Trinajstić information content (AvgIpc) is 3.29. The van der Waals surface area contributed by atoms with Crippen LogP contribution in [0.5, 0.6) is 0 Å². The van der Waals surface area contributed by atoms with Crippen LogP contribution in [0.3, 0.4) is 0 Å². The second kappa shape index (κ2) is 7.71. The van der Waals surface area contributed by atoms with Crippen LogP contribution in [-0.2, 0) is 20.8 Å². The number of carbonyl (C=O) groups excluding carboxylic acids is 3. The lowest BCUT2D eigenvalue weighted by Crippen LogP contribution is -2.48. The van der Waals surface area contributed by atoms with Gasteiger partial charge < -0.3 is 4.90 Å². The molecule has 1 atom stereocenters. The molecular weight excluding hydrogens is 391 g/mol. The van der Waals surface area contributed by atoms with Gasteiger partial charge in [0.25, 0.3) is 0 Å². The van der Waals surface area contributed by atoms with E-state index in [9.17, 15) is 18.8 Å². The summed E-state index contributed by atoms with van der Waals surface area (Å²) < 4.78 is 13.4.